The highest BCUT2D eigenvalue weighted by atomic mass is 16.5. The lowest BCUT2D eigenvalue weighted by Crippen LogP contribution is -2.86. The fraction of sp³-hybridized carbons (Fsp3) is 0.474. The van der Waals surface area contributed by atoms with Crippen molar-refractivity contribution < 1.29 is 24.4 Å². The third-order valence-corrected chi connectivity index (χ3v) is 4.27. The van der Waals surface area contributed by atoms with Crippen LogP contribution >= 0.6 is 0 Å². The van der Waals surface area contributed by atoms with Gasteiger partial charge in [-0.3, -0.25) is 0 Å². The van der Waals surface area contributed by atoms with E-state index in [4.69, 9.17) is 9.47 Å². The molecule has 1 aromatic rings. The van der Waals surface area contributed by atoms with Gasteiger partial charge in [0.05, 0.1) is 37.1 Å². The molecule has 142 valence electrons. The Kier molecular flexibility index (Phi) is 7.17. The zero-order valence-electron chi connectivity index (χ0n) is 15.8. The van der Waals surface area contributed by atoms with Crippen LogP contribution in [0, 0.1) is 13.8 Å². The number of carbonyl (C=O) groups excluding carboxylic acids is 2. The van der Waals surface area contributed by atoms with Crippen molar-refractivity contribution in [3.8, 4) is 0 Å². The van der Waals surface area contributed by atoms with E-state index in [1.54, 1.807) is 14.0 Å². The summed E-state index contributed by atoms with van der Waals surface area (Å²) in [6, 6.07) is 5.14. The highest BCUT2D eigenvalue weighted by molar-refractivity contribution is 5.95. The smallest absolute Gasteiger partial charge is 0.338 e. The van der Waals surface area contributed by atoms with Gasteiger partial charge in [-0.1, -0.05) is 23.8 Å². The van der Waals surface area contributed by atoms with E-state index < -0.39 is 12.0 Å². The number of hydrogen-bond donors (Lipinski definition) is 3. The summed E-state index contributed by atoms with van der Waals surface area (Å²) in [7, 11) is 1.64. The molecule has 0 unspecified atom stereocenters. The summed E-state index contributed by atoms with van der Waals surface area (Å²) in [5.41, 5.74) is 4.00. The molecule has 1 aromatic carbocycles. The predicted molar refractivity (Wildman–Crippen MR) is 97.5 cm³/mol. The highest BCUT2D eigenvalue weighted by Crippen LogP contribution is 2.30. The van der Waals surface area contributed by atoms with Crippen molar-refractivity contribution in [2.75, 3.05) is 33.4 Å². The van der Waals surface area contributed by atoms with Crippen LogP contribution in [0.1, 0.15) is 29.7 Å². The molecule has 1 aliphatic heterocycles. The quantitative estimate of drug-likeness (QED) is 0.468. The van der Waals surface area contributed by atoms with Crippen molar-refractivity contribution in [1.29, 1.82) is 0 Å². The molecule has 0 aliphatic carbocycles. The molecule has 0 spiro atoms. The molecular weight excluding hydrogens is 334 g/mol. The molecule has 0 saturated heterocycles. The van der Waals surface area contributed by atoms with Crippen LogP contribution in [0.5, 0.6) is 0 Å². The first-order valence-electron chi connectivity index (χ1n) is 8.83. The van der Waals surface area contributed by atoms with Gasteiger partial charge in [-0.15, -0.1) is 0 Å². The average Bonchev–Trinajstić information content (AvgIpc) is 2.60. The predicted octanol–water partition coefficient (Wildman–Crippen LogP) is 0.684. The second kappa shape index (κ2) is 9.35. The molecule has 2 rings (SSSR count). The van der Waals surface area contributed by atoms with Crippen molar-refractivity contribution in [3.63, 3.8) is 0 Å². The second-order valence-corrected chi connectivity index (χ2v) is 6.28. The van der Waals surface area contributed by atoms with Crippen LogP contribution in [0.25, 0.3) is 0 Å². The maximum Gasteiger partial charge on any atom is 0.338 e. The number of amides is 2. The van der Waals surface area contributed by atoms with Crippen LogP contribution in [0.4, 0.5) is 4.79 Å². The van der Waals surface area contributed by atoms with Crippen molar-refractivity contribution in [2.24, 2.45) is 0 Å². The summed E-state index contributed by atoms with van der Waals surface area (Å²) >= 11 is 0. The van der Waals surface area contributed by atoms with Gasteiger partial charge in [0.15, 0.2) is 0 Å². The monoisotopic (exact) mass is 362 g/mol. The molecule has 0 saturated carbocycles. The Morgan fingerprint density at radius 2 is 2.08 bits per heavy atom. The topological polar surface area (TPSA) is 93.3 Å². The van der Waals surface area contributed by atoms with E-state index in [2.05, 4.69) is 10.6 Å². The Morgan fingerprint density at radius 3 is 2.77 bits per heavy atom. The number of ether oxygens (including phenoxy) is 2. The van der Waals surface area contributed by atoms with E-state index in [0.29, 0.717) is 24.4 Å². The molecule has 1 aliphatic rings. The maximum atomic E-state index is 12.7. The first-order chi connectivity index (χ1) is 12.5. The van der Waals surface area contributed by atoms with E-state index in [-0.39, 0.29) is 12.6 Å². The molecule has 7 nitrogen and oxygen atoms in total. The number of nitrogens with two attached hydrogens (primary N) is 1. The number of methoxy groups -OCH3 is 1. The van der Waals surface area contributed by atoms with E-state index >= 15 is 0 Å². The Labute approximate surface area is 154 Å². The van der Waals surface area contributed by atoms with Gasteiger partial charge in [0.1, 0.15) is 6.54 Å². The van der Waals surface area contributed by atoms with Gasteiger partial charge in [-0.25, -0.2) is 9.59 Å². The molecule has 2 amide bonds. The van der Waals surface area contributed by atoms with Crippen molar-refractivity contribution in [3.05, 3.63) is 46.2 Å². The molecule has 0 fully saturated rings. The summed E-state index contributed by atoms with van der Waals surface area (Å²) in [6.45, 7) is 7.78. The first kappa shape index (κ1) is 19.9. The normalized spacial score (nSPS) is 16.9. The minimum atomic E-state index is -0.534. The van der Waals surface area contributed by atoms with Gasteiger partial charge in [0.2, 0.25) is 0 Å². The van der Waals surface area contributed by atoms with E-state index in [1.165, 1.54) is 0 Å². The highest BCUT2D eigenvalue weighted by Gasteiger charge is 2.35. The molecule has 1 atom stereocenters. The molecule has 0 aromatic heterocycles. The molecule has 0 radical (unpaired) electrons. The molecular formula is C19H28N3O4+. The summed E-state index contributed by atoms with van der Waals surface area (Å²) in [5.74, 6) is -0.416. The first-order valence-corrected chi connectivity index (χ1v) is 8.83. The van der Waals surface area contributed by atoms with Crippen LogP contribution in [0.2, 0.25) is 0 Å². The third-order valence-electron chi connectivity index (χ3n) is 4.27. The van der Waals surface area contributed by atoms with Gasteiger partial charge in [0.25, 0.3) is 0 Å². The van der Waals surface area contributed by atoms with Crippen LogP contribution < -0.4 is 16.0 Å². The Hall–Kier alpha value is -2.38. The van der Waals surface area contributed by atoms with E-state index in [9.17, 15) is 9.59 Å². The number of quaternary nitrogens is 1. The lowest BCUT2D eigenvalue weighted by Gasteiger charge is -2.29. The van der Waals surface area contributed by atoms with E-state index in [1.807, 2.05) is 37.4 Å². The maximum absolute atomic E-state index is 12.7. The van der Waals surface area contributed by atoms with Gasteiger partial charge in [0, 0.05) is 7.11 Å². The second-order valence-electron chi connectivity index (χ2n) is 6.28. The van der Waals surface area contributed by atoms with E-state index in [0.717, 1.165) is 23.2 Å². The lowest BCUT2D eigenvalue weighted by atomic mass is 9.91. The minimum absolute atomic E-state index is 0.274. The fourth-order valence-corrected chi connectivity index (χ4v) is 2.98. The summed E-state index contributed by atoms with van der Waals surface area (Å²) in [5, 5.41) is 7.64. The van der Waals surface area contributed by atoms with Crippen molar-refractivity contribution in [2.45, 2.75) is 26.8 Å². The average molecular weight is 362 g/mol. The molecule has 7 heteroatoms. The zero-order valence-corrected chi connectivity index (χ0v) is 15.8. The van der Waals surface area contributed by atoms with Crippen molar-refractivity contribution >= 4 is 12.0 Å². The fourth-order valence-electron chi connectivity index (χ4n) is 2.98. The summed E-state index contributed by atoms with van der Waals surface area (Å²) in [6.07, 6.45) is 0. The molecule has 4 N–H and O–H groups in total. The SMILES string of the molecule is CCOC(=O)C1=C(C[NH2+]CCOC)NC(=O)N[C@H]1c1cc(C)ccc1C. The molecule has 0 bridgehead atoms. The third kappa shape index (κ3) is 4.83. The number of benzene rings is 1. The largest absolute Gasteiger partial charge is 0.463 e. The van der Waals surface area contributed by atoms with Gasteiger partial charge in [-0.2, -0.15) is 0 Å². The number of carbonyl (C=O) groups is 2. The Bertz CT molecular complexity index is 700. The summed E-state index contributed by atoms with van der Waals surface area (Å²) in [4.78, 5) is 24.9. The molecule has 26 heavy (non-hydrogen) atoms. The Balaban J connectivity index is 2.43. The number of esters is 1. The van der Waals surface area contributed by atoms with Crippen LogP contribution in [-0.4, -0.2) is 45.4 Å². The summed E-state index contributed by atoms with van der Waals surface area (Å²) < 4.78 is 10.3. The van der Waals surface area contributed by atoms with Gasteiger partial charge < -0.3 is 25.4 Å². The number of rotatable bonds is 8. The van der Waals surface area contributed by atoms with Crippen LogP contribution in [-0.2, 0) is 14.3 Å². The Morgan fingerprint density at radius 1 is 1.31 bits per heavy atom. The number of nitrogens with one attached hydrogen (secondary N) is 2. The molecule has 1 heterocycles. The lowest BCUT2D eigenvalue weighted by molar-refractivity contribution is -0.649. The standard InChI is InChI=1S/C19H27N3O4/c1-5-26-18(23)16-15(11-20-8-9-25-4)21-19(24)22-17(16)14-10-12(2)6-7-13(14)3/h6-7,10,17,20H,5,8-9,11H2,1-4H3,(H2,21,22,24)/p+1/t17-/m0/s1. The van der Waals surface area contributed by atoms with Gasteiger partial charge in [-0.05, 0) is 31.9 Å². The van der Waals surface area contributed by atoms with Crippen LogP contribution in [0.15, 0.2) is 29.5 Å². The number of hydrogen-bond acceptors (Lipinski definition) is 4. The zero-order chi connectivity index (χ0) is 19.1. The van der Waals surface area contributed by atoms with Crippen LogP contribution in [0.3, 0.4) is 0 Å². The van der Waals surface area contributed by atoms with Crippen molar-refractivity contribution in [1.82, 2.24) is 10.6 Å². The minimum Gasteiger partial charge on any atom is -0.463 e. The van der Waals surface area contributed by atoms with Gasteiger partial charge >= 0.3 is 12.0 Å². The number of urea groups is 1. The number of aryl methyl sites for hydroxylation is 2.